The van der Waals surface area contributed by atoms with Gasteiger partial charge in [0.05, 0.1) is 0 Å². The van der Waals surface area contributed by atoms with Crippen LogP contribution in [0.2, 0.25) is 0 Å². The normalized spacial score (nSPS) is 31.9. The summed E-state index contributed by atoms with van der Waals surface area (Å²) in [5.41, 5.74) is 0. The zero-order chi connectivity index (χ0) is 9.14. The Morgan fingerprint density at radius 1 is 1.58 bits per heavy atom. The molecule has 0 heterocycles. The quantitative estimate of drug-likeness (QED) is 0.670. The lowest BCUT2D eigenvalue weighted by molar-refractivity contribution is -0.126. The van der Waals surface area contributed by atoms with Gasteiger partial charge in [0, 0.05) is 11.8 Å². The minimum atomic E-state index is 0.152. The highest BCUT2D eigenvalue weighted by molar-refractivity contribution is 7.80. The number of hydrogen-bond donors (Lipinski definition) is 1. The number of hydrogen-bond acceptors (Lipinski definition) is 2. The minimum absolute atomic E-state index is 0.152. The fraction of sp³-hybridized carbons (Fsp3) is 0.900. The number of ketones is 1. The first-order valence-electron chi connectivity index (χ1n) is 4.81. The summed E-state index contributed by atoms with van der Waals surface area (Å²) in [5.74, 6) is 2.24. The molecule has 12 heavy (non-hydrogen) atoms. The van der Waals surface area contributed by atoms with Gasteiger partial charge in [-0.15, -0.1) is 0 Å². The van der Waals surface area contributed by atoms with Gasteiger partial charge in [-0.2, -0.15) is 12.6 Å². The lowest BCUT2D eigenvalue weighted by atomic mass is 9.88. The largest absolute Gasteiger partial charge is 0.299 e. The van der Waals surface area contributed by atoms with Crippen LogP contribution in [0.15, 0.2) is 0 Å². The molecular weight excluding hydrogens is 168 g/mol. The molecule has 3 atom stereocenters. The van der Waals surface area contributed by atoms with Crippen molar-refractivity contribution in [1.29, 1.82) is 0 Å². The average Bonchev–Trinajstić information content (AvgIpc) is 2.48. The molecule has 1 saturated carbocycles. The molecule has 1 rings (SSSR count). The second-order valence-corrected chi connectivity index (χ2v) is 4.37. The molecule has 0 radical (unpaired) electrons. The van der Waals surface area contributed by atoms with Crippen molar-refractivity contribution in [2.75, 3.05) is 5.75 Å². The summed E-state index contributed by atoms with van der Waals surface area (Å²) < 4.78 is 0. The van der Waals surface area contributed by atoms with E-state index in [1.807, 2.05) is 6.92 Å². The first-order valence-corrected chi connectivity index (χ1v) is 5.44. The lowest BCUT2D eigenvalue weighted by Crippen LogP contribution is -2.24. The first-order chi connectivity index (χ1) is 5.66. The Hall–Kier alpha value is 0.0200. The maximum atomic E-state index is 11.7. The van der Waals surface area contributed by atoms with Gasteiger partial charge in [0.2, 0.25) is 0 Å². The second-order valence-electron chi connectivity index (χ2n) is 4.00. The number of carbonyl (C=O) groups is 1. The summed E-state index contributed by atoms with van der Waals surface area (Å²) in [6.07, 6.45) is 3.57. The van der Waals surface area contributed by atoms with Gasteiger partial charge in [0.25, 0.3) is 0 Å². The molecule has 1 fully saturated rings. The van der Waals surface area contributed by atoms with E-state index in [1.165, 1.54) is 12.8 Å². The van der Waals surface area contributed by atoms with Gasteiger partial charge >= 0.3 is 0 Å². The molecule has 0 aliphatic heterocycles. The number of thiol groups is 1. The smallest absolute Gasteiger partial charge is 0.139 e. The fourth-order valence-electron chi connectivity index (χ4n) is 2.02. The van der Waals surface area contributed by atoms with Crippen LogP contribution in [0.4, 0.5) is 0 Å². The molecule has 0 saturated heterocycles. The number of rotatable bonds is 3. The van der Waals surface area contributed by atoms with Crippen LogP contribution in [-0.2, 0) is 4.79 Å². The minimum Gasteiger partial charge on any atom is -0.299 e. The van der Waals surface area contributed by atoms with E-state index >= 15 is 0 Å². The van der Waals surface area contributed by atoms with Gasteiger partial charge in [0.1, 0.15) is 5.78 Å². The highest BCUT2D eigenvalue weighted by Gasteiger charge is 2.31. The van der Waals surface area contributed by atoms with Crippen molar-refractivity contribution in [2.45, 2.75) is 33.1 Å². The van der Waals surface area contributed by atoms with Crippen molar-refractivity contribution in [3.63, 3.8) is 0 Å². The molecule has 1 unspecified atom stereocenters. The van der Waals surface area contributed by atoms with Crippen LogP contribution >= 0.6 is 12.6 Å². The molecule has 70 valence electrons. The maximum absolute atomic E-state index is 11.7. The predicted octanol–water partition coefficient (Wildman–Crippen LogP) is 2.56. The monoisotopic (exact) mass is 186 g/mol. The van der Waals surface area contributed by atoms with Crippen molar-refractivity contribution in [1.82, 2.24) is 0 Å². The topological polar surface area (TPSA) is 17.1 Å². The molecule has 0 aromatic heterocycles. The molecular formula is C10H18OS. The fourth-order valence-corrected chi connectivity index (χ4v) is 2.20. The van der Waals surface area contributed by atoms with E-state index < -0.39 is 0 Å². The summed E-state index contributed by atoms with van der Waals surface area (Å²) >= 11 is 4.16. The third kappa shape index (κ3) is 2.03. The van der Waals surface area contributed by atoms with Gasteiger partial charge in [0.15, 0.2) is 0 Å². The summed E-state index contributed by atoms with van der Waals surface area (Å²) in [4.78, 5) is 11.7. The molecule has 0 spiro atoms. The zero-order valence-electron chi connectivity index (χ0n) is 7.92. The standard InChI is InChI=1S/C10H18OS/c1-7-4-3-5-9(7)10(11)8(2)6-12/h7-9,12H,3-6H2,1-2H3/t7-,8-,9?/m1/s1. The second kappa shape index (κ2) is 4.31. The van der Waals surface area contributed by atoms with Gasteiger partial charge in [-0.05, 0) is 24.5 Å². The van der Waals surface area contributed by atoms with Crippen LogP contribution in [0, 0.1) is 17.8 Å². The lowest BCUT2D eigenvalue weighted by Gasteiger charge is -2.17. The Kier molecular flexibility index (Phi) is 3.63. The molecule has 1 aliphatic rings. The van der Waals surface area contributed by atoms with Gasteiger partial charge in [-0.1, -0.05) is 20.3 Å². The molecule has 2 heteroatoms. The Balaban J connectivity index is 2.51. The summed E-state index contributed by atoms with van der Waals surface area (Å²) in [6, 6.07) is 0. The molecule has 1 nitrogen and oxygen atoms in total. The maximum Gasteiger partial charge on any atom is 0.139 e. The molecule has 0 aromatic rings. The van der Waals surface area contributed by atoms with Gasteiger partial charge < -0.3 is 0 Å². The molecule has 0 N–H and O–H groups in total. The molecule has 0 amide bonds. The number of Topliss-reactive ketones (excluding diaryl/α,β-unsaturated/α-hetero) is 1. The van der Waals surface area contributed by atoms with Crippen LogP contribution in [0.5, 0.6) is 0 Å². The molecule has 0 bridgehead atoms. The zero-order valence-corrected chi connectivity index (χ0v) is 8.81. The van der Waals surface area contributed by atoms with E-state index in [4.69, 9.17) is 0 Å². The summed E-state index contributed by atoms with van der Waals surface area (Å²) in [5, 5.41) is 0. The molecule has 1 aliphatic carbocycles. The van der Waals surface area contributed by atoms with Crippen molar-refractivity contribution >= 4 is 18.4 Å². The van der Waals surface area contributed by atoms with E-state index in [1.54, 1.807) is 0 Å². The highest BCUT2D eigenvalue weighted by Crippen LogP contribution is 2.33. The Labute approximate surface area is 80.3 Å². The van der Waals surface area contributed by atoms with E-state index in [0.717, 1.165) is 6.42 Å². The Bertz CT molecular complexity index is 167. The van der Waals surface area contributed by atoms with Crippen molar-refractivity contribution < 1.29 is 4.79 Å². The van der Waals surface area contributed by atoms with Crippen LogP contribution in [0.1, 0.15) is 33.1 Å². The average molecular weight is 186 g/mol. The Morgan fingerprint density at radius 3 is 2.67 bits per heavy atom. The van der Waals surface area contributed by atoms with E-state index in [2.05, 4.69) is 19.6 Å². The highest BCUT2D eigenvalue weighted by atomic mass is 32.1. The van der Waals surface area contributed by atoms with Crippen LogP contribution in [0.3, 0.4) is 0 Å². The van der Waals surface area contributed by atoms with Gasteiger partial charge in [-0.25, -0.2) is 0 Å². The predicted molar refractivity (Wildman–Crippen MR) is 54.5 cm³/mol. The van der Waals surface area contributed by atoms with Crippen molar-refractivity contribution in [2.24, 2.45) is 17.8 Å². The van der Waals surface area contributed by atoms with E-state index in [-0.39, 0.29) is 5.92 Å². The van der Waals surface area contributed by atoms with Crippen LogP contribution in [0.25, 0.3) is 0 Å². The SMILES string of the molecule is C[C@H](CS)C(=O)C1CCC[C@H]1C. The third-order valence-corrected chi connectivity index (χ3v) is 3.53. The van der Waals surface area contributed by atoms with Crippen LogP contribution < -0.4 is 0 Å². The number of carbonyl (C=O) groups excluding carboxylic acids is 1. The summed E-state index contributed by atoms with van der Waals surface area (Å²) in [7, 11) is 0. The summed E-state index contributed by atoms with van der Waals surface area (Å²) in [6.45, 7) is 4.18. The first kappa shape index (κ1) is 10.1. The van der Waals surface area contributed by atoms with Gasteiger partial charge in [-0.3, -0.25) is 4.79 Å². The third-order valence-electron chi connectivity index (χ3n) is 2.99. The van der Waals surface area contributed by atoms with E-state index in [0.29, 0.717) is 23.4 Å². The Morgan fingerprint density at radius 2 is 2.25 bits per heavy atom. The van der Waals surface area contributed by atoms with Crippen molar-refractivity contribution in [3.8, 4) is 0 Å². The molecule has 0 aromatic carbocycles. The van der Waals surface area contributed by atoms with E-state index in [9.17, 15) is 4.79 Å². The van der Waals surface area contributed by atoms with Crippen molar-refractivity contribution in [3.05, 3.63) is 0 Å². The van der Waals surface area contributed by atoms with Crippen LogP contribution in [-0.4, -0.2) is 11.5 Å².